The minimum Gasteiger partial charge on any atom is -0.345 e. The number of nitrogens with zero attached hydrogens (tertiary/aromatic N) is 1. The molecule has 1 heterocycles. The first kappa shape index (κ1) is 10.0. The van der Waals surface area contributed by atoms with Gasteiger partial charge in [-0.1, -0.05) is 6.92 Å². The second-order valence-corrected chi connectivity index (χ2v) is 2.82. The molecule has 62 valence electrons. The molecule has 0 unspecified atom stereocenters. The van der Waals surface area contributed by atoms with Crippen LogP contribution in [-0.4, -0.2) is 24.4 Å². The molecular formula is C9H15NO. The summed E-state index contributed by atoms with van der Waals surface area (Å²) in [5.41, 5.74) is 0. The van der Waals surface area contributed by atoms with E-state index in [0.717, 1.165) is 25.4 Å². The number of carbonyl (C=O) groups excluding carboxylic acids is 1. The summed E-state index contributed by atoms with van der Waals surface area (Å²) in [6, 6.07) is 0. The largest absolute Gasteiger partial charge is 0.345 e. The summed E-state index contributed by atoms with van der Waals surface area (Å²) < 4.78 is 0. The Hall–Kier alpha value is -0.970. The molecule has 11 heavy (non-hydrogen) atoms. The lowest BCUT2D eigenvalue weighted by atomic mass is 10.00. The lowest BCUT2D eigenvalue weighted by Gasteiger charge is -2.26. The van der Waals surface area contributed by atoms with Gasteiger partial charge in [-0.05, 0) is 18.8 Å². The van der Waals surface area contributed by atoms with Gasteiger partial charge in [0.1, 0.15) is 0 Å². The predicted octanol–water partition coefficient (Wildman–Crippen LogP) is 1.12. The monoisotopic (exact) mass is 153 g/mol. The molecule has 1 aliphatic heterocycles. The van der Waals surface area contributed by atoms with Crippen LogP contribution in [0.2, 0.25) is 0 Å². The Morgan fingerprint density at radius 1 is 1.36 bits per heavy atom. The van der Waals surface area contributed by atoms with Crippen molar-refractivity contribution in [3.63, 3.8) is 0 Å². The summed E-state index contributed by atoms with van der Waals surface area (Å²) in [5, 5.41) is 0. The average molecular weight is 153 g/mol. The highest BCUT2D eigenvalue weighted by Gasteiger charge is 2.12. The fourth-order valence-corrected chi connectivity index (χ4v) is 1.13. The highest BCUT2D eigenvalue weighted by molar-refractivity contribution is 5.46. The van der Waals surface area contributed by atoms with Crippen molar-refractivity contribution in [2.45, 2.75) is 19.8 Å². The molecule has 1 rings (SSSR count). The first-order valence-corrected chi connectivity index (χ1v) is 3.85. The van der Waals surface area contributed by atoms with Crippen LogP contribution in [0.3, 0.4) is 0 Å². The van der Waals surface area contributed by atoms with E-state index in [0.29, 0.717) is 0 Å². The van der Waals surface area contributed by atoms with E-state index in [4.69, 9.17) is 0 Å². The van der Waals surface area contributed by atoms with Crippen LogP contribution in [-0.2, 0) is 4.79 Å². The van der Waals surface area contributed by atoms with Crippen LogP contribution in [0.5, 0.6) is 0 Å². The first-order chi connectivity index (χ1) is 5.33. The van der Waals surface area contributed by atoms with Crippen LogP contribution in [0.15, 0.2) is 0 Å². The molecule has 0 aromatic heterocycles. The molecule has 0 atom stereocenters. The Morgan fingerprint density at radius 2 is 1.82 bits per heavy atom. The van der Waals surface area contributed by atoms with Gasteiger partial charge in [0.25, 0.3) is 0 Å². The van der Waals surface area contributed by atoms with Crippen LogP contribution < -0.4 is 0 Å². The zero-order valence-electron chi connectivity index (χ0n) is 6.99. The number of piperidine rings is 1. The highest BCUT2D eigenvalue weighted by atomic mass is 16.1. The van der Waals surface area contributed by atoms with Crippen molar-refractivity contribution in [2.24, 2.45) is 5.92 Å². The Labute approximate surface area is 68.6 Å². The number of hydrogen-bond acceptors (Lipinski definition) is 1. The quantitative estimate of drug-likeness (QED) is 0.408. The normalized spacial score (nSPS) is 18.3. The van der Waals surface area contributed by atoms with E-state index in [9.17, 15) is 4.79 Å². The Bertz CT molecular complexity index is 123. The van der Waals surface area contributed by atoms with Crippen molar-refractivity contribution in [1.29, 1.82) is 0 Å². The molecular weight excluding hydrogens is 138 g/mol. The molecule has 1 fully saturated rings. The van der Waals surface area contributed by atoms with Crippen molar-refractivity contribution in [1.82, 2.24) is 4.90 Å². The van der Waals surface area contributed by atoms with Crippen molar-refractivity contribution < 1.29 is 4.79 Å². The maximum atomic E-state index is 10.2. The maximum Gasteiger partial charge on any atom is 0.209 e. The van der Waals surface area contributed by atoms with Gasteiger partial charge in [-0.3, -0.25) is 4.79 Å². The van der Waals surface area contributed by atoms with Gasteiger partial charge in [-0.2, -0.15) is 0 Å². The Balaban J connectivity index is 0.000000461. The molecule has 0 radical (unpaired) electrons. The smallest absolute Gasteiger partial charge is 0.209 e. The standard InChI is InChI=1S/C7H13NO.C2H2/c1-7-2-4-8(6-9)5-3-7;1-2/h6-7H,2-5H2,1H3;1-2H. The number of hydrogen-bond donors (Lipinski definition) is 0. The lowest BCUT2D eigenvalue weighted by Crippen LogP contribution is -2.31. The summed E-state index contributed by atoms with van der Waals surface area (Å²) in [6.45, 7) is 4.16. The van der Waals surface area contributed by atoms with Crippen molar-refractivity contribution >= 4 is 6.41 Å². The van der Waals surface area contributed by atoms with Gasteiger partial charge < -0.3 is 4.90 Å². The second-order valence-electron chi connectivity index (χ2n) is 2.82. The third kappa shape index (κ3) is 3.67. The predicted molar refractivity (Wildman–Crippen MR) is 45.9 cm³/mol. The molecule has 2 nitrogen and oxygen atoms in total. The molecule has 0 aliphatic carbocycles. The molecule has 2 heteroatoms. The molecule has 0 N–H and O–H groups in total. The zero-order valence-corrected chi connectivity index (χ0v) is 6.99. The van der Waals surface area contributed by atoms with Gasteiger partial charge in [-0.15, -0.1) is 12.8 Å². The highest BCUT2D eigenvalue weighted by Crippen LogP contribution is 2.13. The number of terminal acetylenes is 1. The van der Waals surface area contributed by atoms with Crippen LogP contribution in [0.1, 0.15) is 19.8 Å². The summed E-state index contributed by atoms with van der Waals surface area (Å²) in [4.78, 5) is 12.0. The molecule has 0 spiro atoms. The summed E-state index contributed by atoms with van der Waals surface area (Å²) in [7, 11) is 0. The van der Waals surface area contributed by atoms with Crippen LogP contribution >= 0.6 is 0 Å². The molecule has 1 saturated heterocycles. The Morgan fingerprint density at radius 3 is 2.18 bits per heavy atom. The summed E-state index contributed by atoms with van der Waals surface area (Å²) in [6.07, 6.45) is 11.3. The van der Waals surface area contributed by atoms with E-state index in [-0.39, 0.29) is 0 Å². The van der Waals surface area contributed by atoms with Gasteiger partial charge in [0.15, 0.2) is 0 Å². The SMILES string of the molecule is C#C.CC1CCN(C=O)CC1. The minimum atomic E-state index is 0.821. The fraction of sp³-hybridized carbons (Fsp3) is 0.667. The number of carbonyl (C=O) groups is 1. The van der Waals surface area contributed by atoms with E-state index in [1.165, 1.54) is 12.8 Å². The van der Waals surface area contributed by atoms with Crippen molar-refractivity contribution in [3.8, 4) is 12.8 Å². The number of likely N-dealkylation sites (tertiary alicyclic amines) is 1. The van der Waals surface area contributed by atoms with Gasteiger partial charge in [0.05, 0.1) is 0 Å². The van der Waals surface area contributed by atoms with Gasteiger partial charge in [0, 0.05) is 13.1 Å². The second kappa shape index (κ2) is 5.79. The van der Waals surface area contributed by atoms with Gasteiger partial charge in [-0.25, -0.2) is 0 Å². The molecule has 1 amide bonds. The fourth-order valence-electron chi connectivity index (χ4n) is 1.13. The number of amides is 1. The lowest BCUT2D eigenvalue weighted by molar-refractivity contribution is -0.119. The number of rotatable bonds is 1. The third-order valence-corrected chi connectivity index (χ3v) is 1.97. The van der Waals surface area contributed by atoms with Crippen molar-refractivity contribution in [3.05, 3.63) is 0 Å². The van der Waals surface area contributed by atoms with E-state index in [1.54, 1.807) is 0 Å². The molecule has 0 aromatic carbocycles. The van der Waals surface area contributed by atoms with E-state index in [2.05, 4.69) is 19.8 Å². The third-order valence-electron chi connectivity index (χ3n) is 1.97. The minimum absolute atomic E-state index is 0.821. The summed E-state index contributed by atoms with van der Waals surface area (Å²) >= 11 is 0. The summed E-state index contributed by atoms with van der Waals surface area (Å²) in [5.74, 6) is 0.821. The zero-order chi connectivity index (χ0) is 8.69. The molecule has 0 aromatic rings. The van der Waals surface area contributed by atoms with Crippen molar-refractivity contribution in [2.75, 3.05) is 13.1 Å². The van der Waals surface area contributed by atoms with E-state index >= 15 is 0 Å². The van der Waals surface area contributed by atoms with Crippen LogP contribution in [0.25, 0.3) is 0 Å². The molecule has 0 bridgehead atoms. The van der Waals surface area contributed by atoms with Gasteiger partial charge in [0.2, 0.25) is 6.41 Å². The van der Waals surface area contributed by atoms with Gasteiger partial charge >= 0.3 is 0 Å². The molecule has 1 aliphatic rings. The maximum absolute atomic E-state index is 10.2. The van der Waals surface area contributed by atoms with E-state index in [1.807, 2.05) is 4.90 Å². The van der Waals surface area contributed by atoms with Crippen LogP contribution in [0.4, 0.5) is 0 Å². The van der Waals surface area contributed by atoms with Crippen LogP contribution in [0, 0.1) is 18.8 Å². The first-order valence-electron chi connectivity index (χ1n) is 3.85. The van der Waals surface area contributed by atoms with E-state index < -0.39 is 0 Å². The molecule has 0 saturated carbocycles. The Kier molecular flexibility index (Phi) is 5.28. The topological polar surface area (TPSA) is 20.3 Å². The average Bonchev–Trinajstić information content (AvgIpc) is 2.10.